The molecule has 0 spiro atoms. The molecule has 0 aromatic carbocycles. The van der Waals surface area contributed by atoms with Crippen LogP contribution in [-0.2, 0) is 13.7 Å². The molecule has 2 aromatic heterocycles. The summed E-state index contributed by atoms with van der Waals surface area (Å²) in [6.07, 6.45) is 1.96. The second kappa shape index (κ2) is 2.60. The minimum atomic E-state index is 0.00480. The van der Waals surface area contributed by atoms with Crippen LogP contribution in [0.2, 0.25) is 0 Å². The molecule has 3 heteroatoms. The molecule has 1 N–H and O–H groups in total. The average molecular weight is 162 g/mol. The Morgan fingerprint density at radius 2 is 2.25 bits per heavy atom. The summed E-state index contributed by atoms with van der Waals surface area (Å²) in [5.74, 6) is 0. The highest BCUT2D eigenvalue weighted by Gasteiger charge is 1.99. The number of pyridine rings is 1. The van der Waals surface area contributed by atoms with Gasteiger partial charge in [0.2, 0.25) is 0 Å². The molecule has 12 heavy (non-hydrogen) atoms. The van der Waals surface area contributed by atoms with Crippen LogP contribution in [0.1, 0.15) is 5.69 Å². The molecule has 0 aliphatic heterocycles. The van der Waals surface area contributed by atoms with Crippen molar-refractivity contribution in [1.82, 2.24) is 9.55 Å². The molecule has 62 valence electrons. The predicted octanol–water partition coefficient (Wildman–Crippen LogP) is 1.07. The molecule has 0 bridgehead atoms. The fraction of sp³-hybridized carbons (Fsp3) is 0.222. The standard InChI is InChI=1S/C9H10N2O/c1-11-5-4-8-9(11)3-2-7(6-12)10-8/h2-5,12H,6H2,1H3. The van der Waals surface area contributed by atoms with Gasteiger partial charge in [-0.15, -0.1) is 0 Å². The highest BCUT2D eigenvalue weighted by atomic mass is 16.3. The number of hydrogen-bond acceptors (Lipinski definition) is 2. The third kappa shape index (κ3) is 0.987. The fourth-order valence-electron chi connectivity index (χ4n) is 1.28. The number of aliphatic hydroxyl groups excluding tert-OH is 1. The van der Waals surface area contributed by atoms with Crippen LogP contribution in [0.15, 0.2) is 24.4 Å². The van der Waals surface area contributed by atoms with Crippen LogP contribution in [-0.4, -0.2) is 14.7 Å². The summed E-state index contributed by atoms with van der Waals surface area (Å²) in [5, 5.41) is 8.83. The van der Waals surface area contributed by atoms with Gasteiger partial charge >= 0.3 is 0 Å². The molecular formula is C9H10N2O. The molecule has 0 saturated heterocycles. The molecule has 0 aliphatic carbocycles. The Labute approximate surface area is 70.3 Å². The summed E-state index contributed by atoms with van der Waals surface area (Å²) in [6, 6.07) is 5.74. The SMILES string of the molecule is Cn1ccc2nc(CO)ccc21. The number of aliphatic hydroxyl groups is 1. The number of aryl methyl sites for hydroxylation is 1. The van der Waals surface area contributed by atoms with Gasteiger partial charge in [0.1, 0.15) is 0 Å². The summed E-state index contributed by atoms with van der Waals surface area (Å²) < 4.78 is 2.00. The maximum atomic E-state index is 8.83. The Hall–Kier alpha value is -1.35. The monoisotopic (exact) mass is 162 g/mol. The van der Waals surface area contributed by atoms with E-state index in [2.05, 4.69) is 4.98 Å². The van der Waals surface area contributed by atoms with Crippen LogP contribution in [0, 0.1) is 0 Å². The normalized spacial score (nSPS) is 10.8. The largest absolute Gasteiger partial charge is 0.390 e. The van der Waals surface area contributed by atoms with Gasteiger partial charge in [-0.05, 0) is 18.2 Å². The summed E-state index contributed by atoms with van der Waals surface area (Å²) in [5.41, 5.74) is 2.74. The Kier molecular flexibility index (Phi) is 1.59. The van der Waals surface area contributed by atoms with E-state index in [4.69, 9.17) is 5.11 Å². The van der Waals surface area contributed by atoms with Crippen molar-refractivity contribution in [3.63, 3.8) is 0 Å². The minimum absolute atomic E-state index is 0.00480. The maximum absolute atomic E-state index is 8.83. The van der Waals surface area contributed by atoms with Gasteiger partial charge in [0, 0.05) is 13.2 Å². The summed E-state index contributed by atoms with van der Waals surface area (Å²) in [4.78, 5) is 4.24. The van der Waals surface area contributed by atoms with E-state index in [-0.39, 0.29) is 6.61 Å². The van der Waals surface area contributed by atoms with Gasteiger partial charge in [0.15, 0.2) is 0 Å². The van der Waals surface area contributed by atoms with Crippen molar-refractivity contribution in [2.24, 2.45) is 7.05 Å². The number of rotatable bonds is 1. The van der Waals surface area contributed by atoms with Crippen molar-refractivity contribution >= 4 is 11.0 Å². The van der Waals surface area contributed by atoms with Gasteiger partial charge < -0.3 is 9.67 Å². The molecule has 0 unspecified atom stereocenters. The predicted molar refractivity (Wildman–Crippen MR) is 46.6 cm³/mol. The highest BCUT2D eigenvalue weighted by Crippen LogP contribution is 2.12. The molecular weight excluding hydrogens is 152 g/mol. The number of nitrogens with zero attached hydrogens (tertiary/aromatic N) is 2. The van der Waals surface area contributed by atoms with Crippen LogP contribution in [0.5, 0.6) is 0 Å². The summed E-state index contributed by atoms with van der Waals surface area (Å²) in [7, 11) is 1.97. The zero-order valence-corrected chi connectivity index (χ0v) is 6.86. The van der Waals surface area contributed by atoms with E-state index in [1.165, 1.54) is 0 Å². The minimum Gasteiger partial charge on any atom is -0.390 e. The van der Waals surface area contributed by atoms with Gasteiger partial charge in [0.25, 0.3) is 0 Å². The van der Waals surface area contributed by atoms with Crippen LogP contribution < -0.4 is 0 Å². The first kappa shape index (κ1) is 7.31. The lowest BCUT2D eigenvalue weighted by Crippen LogP contribution is -1.89. The number of fused-ring (bicyclic) bond motifs is 1. The van der Waals surface area contributed by atoms with E-state index in [0.717, 1.165) is 11.0 Å². The van der Waals surface area contributed by atoms with Crippen LogP contribution in [0.25, 0.3) is 11.0 Å². The van der Waals surface area contributed by atoms with Crippen molar-refractivity contribution in [3.8, 4) is 0 Å². The topological polar surface area (TPSA) is 38.0 Å². The molecule has 0 aliphatic rings. The number of aromatic nitrogens is 2. The molecule has 0 radical (unpaired) electrons. The maximum Gasteiger partial charge on any atom is 0.0885 e. The van der Waals surface area contributed by atoms with Gasteiger partial charge in [-0.1, -0.05) is 0 Å². The van der Waals surface area contributed by atoms with Crippen molar-refractivity contribution in [2.45, 2.75) is 6.61 Å². The van der Waals surface area contributed by atoms with Crippen molar-refractivity contribution in [3.05, 3.63) is 30.1 Å². The molecule has 0 saturated carbocycles. The first-order valence-corrected chi connectivity index (χ1v) is 3.83. The lowest BCUT2D eigenvalue weighted by Gasteiger charge is -1.97. The molecule has 2 rings (SSSR count). The van der Waals surface area contributed by atoms with Crippen molar-refractivity contribution in [2.75, 3.05) is 0 Å². The van der Waals surface area contributed by atoms with Gasteiger partial charge in [-0.2, -0.15) is 0 Å². The van der Waals surface area contributed by atoms with E-state index < -0.39 is 0 Å². The first-order valence-electron chi connectivity index (χ1n) is 3.83. The zero-order chi connectivity index (χ0) is 8.55. The second-order valence-electron chi connectivity index (χ2n) is 2.79. The number of hydrogen-bond donors (Lipinski definition) is 1. The Balaban J connectivity index is 2.69. The fourth-order valence-corrected chi connectivity index (χ4v) is 1.28. The molecule has 0 fully saturated rings. The Bertz CT molecular complexity index is 406. The average Bonchev–Trinajstić information content (AvgIpc) is 2.47. The zero-order valence-electron chi connectivity index (χ0n) is 6.86. The van der Waals surface area contributed by atoms with Crippen LogP contribution in [0.3, 0.4) is 0 Å². The third-order valence-electron chi connectivity index (χ3n) is 1.96. The molecule has 2 aromatic rings. The van der Waals surface area contributed by atoms with E-state index in [1.54, 1.807) is 0 Å². The molecule has 2 heterocycles. The second-order valence-corrected chi connectivity index (χ2v) is 2.79. The highest BCUT2D eigenvalue weighted by molar-refractivity contribution is 5.75. The van der Waals surface area contributed by atoms with E-state index in [0.29, 0.717) is 5.69 Å². The first-order chi connectivity index (χ1) is 5.81. The van der Waals surface area contributed by atoms with E-state index in [1.807, 2.05) is 36.0 Å². The summed E-state index contributed by atoms with van der Waals surface area (Å²) in [6.45, 7) is 0.00480. The Morgan fingerprint density at radius 3 is 3.00 bits per heavy atom. The van der Waals surface area contributed by atoms with Crippen LogP contribution >= 0.6 is 0 Å². The molecule has 0 atom stereocenters. The quantitative estimate of drug-likeness (QED) is 0.681. The molecule has 0 amide bonds. The lowest BCUT2D eigenvalue weighted by atomic mass is 10.3. The van der Waals surface area contributed by atoms with E-state index >= 15 is 0 Å². The Morgan fingerprint density at radius 1 is 1.42 bits per heavy atom. The molecule has 3 nitrogen and oxygen atoms in total. The summed E-state index contributed by atoms with van der Waals surface area (Å²) >= 11 is 0. The van der Waals surface area contributed by atoms with Crippen molar-refractivity contribution < 1.29 is 5.11 Å². The van der Waals surface area contributed by atoms with Crippen molar-refractivity contribution in [1.29, 1.82) is 0 Å². The van der Waals surface area contributed by atoms with Gasteiger partial charge in [-0.3, -0.25) is 0 Å². The third-order valence-corrected chi connectivity index (χ3v) is 1.96. The van der Waals surface area contributed by atoms with Gasteiger partial charge in [-0.25, -0.2) is 4.98 Å². The lowest BCUT2D eigenvalue weighted by molar-refractivity contribution is 0.277. The smallest absolute Gasteiger partial charge is 0.0885 e. The van der Waals surface area contributed by atoms with Gasteiger partial charge in [0.05, 0.1) is 23.3 Å². The van der Waals surface area contributed by atoms with Crippen LogP contribution in [0.4, 0.5) is 0 Å². The van der Waals surface area contributed by atoms with E-state index in [9.17, 15) is 0 Å².